The number of benzene rings is 1. The molecular formula is C14H17N3O2S. The Balaban J connectivity index is 2.07. The lowest BCUT2D eigenvalue weighted by Crippen LogP contribution is -2.10. The number of nitrogens with one attached hydrogen (secondary N) is 1. The molecule has 2 aromatic rings. The third-order valence-corrected chi connectivity index (χ3v) is 4.07. The van der Waals surface area contributed by atoms with Gasteiger partial charge in [-0.1, -0.05) is 12.1 Å². The van der Waals surface area contributed by atoms with Crippen LogP contribution in [0, 0.1) is 0 Å². The lowest BCUT2D eigenvalue weighted by molar-refractivity contribution is 0.602. The summed E-state index contributed by atoms with van der Waals surface area (Å²) in [6, 6.07) is 8.84. The number of aromatic nitrogens is 1. The van der Waals surface area contributed by atoms with E-state index in [1.807, 2.05) is 12.1 Å². The third kappa shape index (κ3) is 3.48. The Kier molecular flexibility index (Phi) is 4.24. The van der Waals surface area contributed by atoms with Gasteiger partial charge < -0.3 is 11.1 Å². The average molecular weight is 291 g/mol. The Hall–Kier alpha value is -2.08. The normalized spacial score (nSPS) is 11.2. The summed E-state index contributed by atoms with van der Waals surface area (Å²) in [4.78, 5) is 4.20. The summed E-state index contributed by atoms with van der Waals surface area (Å²) >= 11 is 0. The zero-order chi connectivity index (χ0) is 14.6. The van der Waals surface area contributed by atoms with E-state index in [1.165, 1.54) is 6.07 Å². The van der Waals surface area contributed by atoms with Crippen LogP contribution in [0.5, 0.6) is 0 Å². The number of hydrogen-bond donors (Lipinski definition) is 2. The number of nitrogens with zero attached hydrogens (tertiary/aromatic N) is 1. The van der Waals surface area contributed by atoms with Crippen molar-refractivity contribution in [3.05, 3.63) is 48.3 Å². The molecule has 3 N–H and O–H groups in total. The van der Waals surface area contributed by atoms with Crippen LogP contribution in [0.15, 0.2) is 47.6 Å². The molecule has 0 aliphatic heterocycles. The SMILES string of the molecule is CS(=O)(=O)c1cccc(NCCc2cccnc2)c1N. The first-order chi connectivity index (χ1) is 9.48. The molecular weight excluding hydrogens is 274 g/mol. The topological polar surface area (TPSA) is 85.1 Å². The standard InChI is InChI=1S/C14H17N3O2S/c1-20(18,19)13-6-2-5-12(14(13)15)17-9-7-11-4-3-8-16-10-11/h2-6,8,10,17H,7,9,15H2,1H3. The molecule has 106 valence electrons. The highest BCUT2D eigenvalue weighted by atomic mass is 32.2. The highest BCUT2D eigenvalue weighted by Crippen LogP contribution is 2.26. The number of sulfone groups is 1. The summed E-state index contributed by atoms with van der Waals surface area (Å²) in [6.07, 6.45) is 5.47. The third-order valence-electron chi connectivity index (χ3n) is 2.92. The van der Waals surface area contributed by atoms with Crippen molar-refractivity contribution >= 4 is 21.2 Å². The van der Waals surface area contributed by atoms with Crippen molar-refractivity contribution in [2.24, 2.45) is 0 Å². The summed E-state index contributed by atoms with van der Waals surface area (Å²) in [5, 5.41) is 3.16. The Labute approximate surface area is 118 Å². The second-order valence-corrected chi connectivity index (χ2v) is 6.51. The van der Waals surface area contributed by atoms with Gasteiger partial charge in [0.25, 0.3) is 0 Å². The van der Waals surface area contributed by atoms with Gasteiger partial charge in [0.15, 0.2) is 9.84 Å². The molecule has 1 aromatic carbocycles. The largest absolute Gasteiger partial charge is 0.396 e. The molecule has 0 atom stereocenters. The van der Waals surface area contributed by atoms with Crippen LogP contribution >= 0.6 is 0 Å². The molecule has 0 radical (unpaired) electrons. The lowest BCUT2D eigenvalue weighted by Gasteiger charge is -2.12. The molecule has 6 heteroatoms. The van der Waals surface area contributed by atoms with E-state index in [1.54, 1.807) is 24.5 Å². The van der Waals surface area contributed by atoms with Crippen LogP contribution in [0.25, 0.3) is 0 Å². The molecule has 0 aliphatic rings. The van der Waals surface area contributed by atoms with Gasteiger partial charge >= 0.3 is 0 Å². The Morgan fingerprint density at radius 2 is 2.05 bits per heavy atom. The minimum absolute atomic E-state index is 0.156. The predicted octanol–water partition coefficient (Wildman–Crippen LogP) is 1.72. The van der Waals surface area contributed by atoms with Crippen LogP contribution in [0.2, 0.25) is 0 Å². The maximum atomic E-state index is 11.6. The lowest BCUT2D eigenvalue weighted by atomic mass is 10.2. The number of pyridine rings is 1. The first-order valence-electron chi connectivity index (χ1n) is 6.20. The Bertz CT molecular complexity index is 685. The van der Waals surface area contributed by atoms with E-state index >= 15 is 0 Å². The molecule has 0 bridgehead atoms. The van der Waals surface area contributed by atoms with Crippen LogP contribution in [-0.2, 0) is 16.3 Å². The fraction of sp³-hybridized carbons (Fsp3) is 0.214. The van der Waals surface area contributed by atoms with Gasteiger partial charge in [0.2, 0.25) is 0 Å². The smallest absolute Gasteiger partial charge is 0.177 e. The fourth-order valence-corrected chi connectivity index (χ4v) is 2.74. The minimum atomic E-state index is -3.31. The van der Waals surface area contributed by atoms with E-state index < -0.39 is 9.84 Å². The summed E-state index contributed by atoms with van der Waals surface area (Å²) in [7, 11) is -3.31. The summed E-state index contributed by atoms with van der Waals surface area (Å²) in [5.41, 5.74) is 7.90. The molecule has 0 saturated heterocycles. The van der Waals surface area contributed by atoms with E-state index in [0.29, 0.717) is 12.2 Å². The van der Waals surface area contributed by atoms with Gasteiger partial charge in [-0.2, -0.15) is 0 Å². The number of para-hydroxylation sites is 1. The molecule has 0 saturated carbocycles. The van der Waals surface area contributed by atoms with Crippen LogP contribution in [0.4, 0.5) is 11.4 Å². The number of nitrogen functional groups attached to an aromatic ring is 1. The Morgan fingerprint density at radius 3 is 2.70 bits per heavy atom. The number of nitrogens with two attached hydrogens (primary N) is 1. The zero-order valence-electron chi connectivity index (χ0n) is 11.2. The van der Waals surface area contributed by atoms with E-state index in [0.717, 1.165) is 18.2 Å². The summed E-state index contributed by atoms with van der Waals surface area (Å²) < 4.78 is 23.2. The van der Waals surface area contributed by atoms with Crippen LogP contribution in [0.3, 0.4) is 0 Å². The highest BCUT2D eigenvalue weighted by molar-refractivity contribution is 7.90. The van der Waals surface area contributed by atoms with Gasteiger partial charge in [-0.15, -0.1) is 0 Å². The van der Waals surface area contributed by atoms with E-state index in [2.05, 4.69) is 10.3 Å². The summed E-state index contributed by atoms with van der Waals surface area (Å²) in [5.74, 6) is 0. The second-order valence-electron chi connectivity index (χ2n) is 4.53. The molecule has 0 fully saturated rings. The van der Waals surface area contributed by atoms with Crippen LogP contribution in [0.1, 0.15) is 5.56 Å². The monoisotopic (exact) mass is 291 g/mol. The van der Waals surface area contributed by atoms with Crippen molar-refractivity contribution in [1.82, 2.24) is 4.98 Å². The molecule has 0 unspecified atom stereocenters. The van der Waals surface area contributed by atoms with E-state index in [9.17, 15) is 8.42 Å². The van der Waals surface area contributed by atoms with Crippen LogP contribution in [-0.4, -0.2) is 26.2 Å². The van der Waals surface area contributed by atoms with Gasteiger partial charge in [0.05, 0.1) is 16.3 Å². The van der Waals surface area contributed by atoms with Gasteiger partial charge in [-0.05, 0) is 30.2 Å². The molecule has 0 amide bonds. The first kappa shape index (κ1) is 14.3. The molecule has 1 heterocycles. The first-order valence-corrected chi connectivity index (χ1v) is 8.09. The maximum absolute atomic E-state index is 11.6. The molecule has 1 aromatic heterocycles. The number of rotatable bonds is 5. The van der Waals surface area contributed by atoms with Gasteiger partial charge in [-0.3, -0.25) is 4.98 Å². The fourth-order valence-electron chi connectivity index (χ4n) is 1.91. The van der Waals surface area contributed by atoms with Crippen molar-refractivity contribution < 1.29 is 8.42 Å². The van der Waals surface area contributed by atoms with Crippen molar-refractivity contribution in [3.8, 4) is 0 Å². The maximum Gasteiger partial charge on any atom is 0.177 e. The van der Waals surface area contributed by atoms with E-state index in [4.69, 9.17) is 5.73 Å². The van der Waals surface area contributed by atoms with E-state index in [-0.39, 0.29) is 10.6 Å². The average Bonchev–Trinajstić information content (AvgIpc) is 2.40. The summed E-state index contributed by atoms with van der Waals surface area (Å²) in [6.45, 7) is 0.656. The molecule has 0 spiro atoms. The van der Waals surface area contributed by atoms with Crippen molar-refractivity contribution in [1.29, 1.82) is 0 Å². The minimum Gasteiger partial charge on any atom is -0.396 e. The van der Waals surface area contributed by atoms with Crippen LogP contribution < -0.4 is 11.1 Å². The van der Waals surface area contributed by atoms with Crippen molar-refractivity contribution in [3.63, 3.8) is 0 Å². The quantitative estimate of drug-likeness (QED) is 0.819. The number of hydrogen-bond acceptors (Lipinski definition) is 5. The van der Waals surface area contributed by atoms with Crippen molar-refractivity contribution in [2.45, 2.75) is 11.3 Å². The second kappa shape index (κ2) is 5.92. The zero-order valence-corrected chi connectivity index (χ0v) is 12.0. The van der Waals surface area contributed by atoms with Gasteiger partial charge in [0, 0.05) is 25.2 Å². The molecule has 20 heavy (non-hydrogen) atoms. The van der Waals surface area contributed by atoms with Crippen molar-refractivity contribution in [2.75, 3.05) is 23.9 Å². The molecule has 0 aliphatic carbocycles. The predicted molar refractivity (Wildman–Crippen MR) is 80.4 cm³/mol. The molecule has 5 nitrogen and oxygen atoms in total. The van der Waals surface area contributed by atoms with Gasteiger partial charge in [-0.25, -0.2) is 8.42 Å². The molecule has 2 rings (SSSR count). The number of anilines is 2. The highest BCUT2D eigenvalue weighted by Gasteiger charge is 2.13. The Morgan fingerprint density at radius 1 is 1.25 bits per heavy atom. The van der Waals surface area contributed by atoms with Gasteiger partial charge in [0.1, 0.15) is 0 Å².